The molecule has 0 aliphatic carbocycles. The second-order valence-corrected chi connectivity index (χ2v) is 4.13. The van der Waals surface area contributed by atoms with Gasteiger partial charge in [-0.05, 0) is 31.4 Å². The van der Waals surface area contributed by atoms with Crippen molar-refractivity contribution in [1.82, 2.24) is 4.98 Å². The van der Waals surface area contributed by atoms with E-state index in [-0.39, 0.29) is 0 Å². The van der Waals surface area contributed by atoms with Crippen LogP contribution in [0.3, 0.4) is 0 Å². The highest BCUT2D eigenvalue weighted by molar-refractivity contribution is 5.04. The van der Waals surface area contributed by atoms with E-state index in [1.54, 1.807) is 0 Å². The van der Waals surface area contributed by atoms with E-state index in [1.807, 2.05) is 12.3 Å². The lowest BCUT2D eigenvalue weighted by Crippen LogP contribution is -3.12. The van der Waals surface area contributed by atoms with Crippen LogP contribution >= 0.6 is 0 Å². The summed E-state index contributed by atoms with van der Waals surface area (Å²) in [5.41, 5.74) is 1.21. The van der Waals surface area contributed by atoms with E-state index in [4.69, 9.17) is 0 Å². The van der Waals surface area contributed by atoms with Gasteiger partial charge in [0.2, 0.25) is 0 Å². The number of likely N-dealkylation sites (tertiary alicyclic amines) is 1. The summed E-state index contributed by atoms with van der Waals surface area (Å²) in [6.07, 6.45) is 6.95. The van der Waals surface area contributed by atoms with Crippen molar-refractivity contribution in [3.05, 3.63) is 37.1 Å². The first-order valence-electron chi connectivity index (χ1n) is 5.44. The molecule has 0 aromatic carbocycles. The van der Waals surface area contributed by atoms with Crippen LogP contribution in [-0.2, 0) is 6.42 Å². The number of piperidine rings is 1. The normalized spacial score (nSPS) is 27.5. The Labute approximate surface area is 86.0 Å². The molecule has 0 bridgehead atoms. The predicted octanol–water partition coefficient (Wildman–Crippen LogP) is 0.853. The Hall–Kier alpha value is -0.890. The van der Waals surface area contributed by atoms with Crippen LogP contribution in [-0.4, -0.2) is 17.6 Å². The van der Waals surface area contributed by atoms with Gasteiger partial charge in [-0.3, -0.25) is 4.98 Å². The molecule has 1 aromatic heterocycles. The van der Waals surface area contributed by atoms with Gasteiger partial charge in [-0.25, -0.2) is 0 Å². The minimum atomic E-state index is 0.679. The van der Waals surface area contributed by atoms with E-state index in [1.165, 1.54) is 36.4 Å². The van der Waals surface area contributed by atoms with Crippen molar-refractivity contribution in [2.24, 2.45) is 0 Å². The quantitative estimate of drug-likeness (QED) is 0.684. The van der Waals surface area contributed by atoms with Crippen molar-refractivity contribution in [2.45, 2.75) is 31.7 Å². The number of pyridine rings is 1. The molecule has 1 aliphatic rings. The number of hydrogen-bond donors (Lipinski definition) is 1. The summed E-state index contributed by atoms with van der Waals surface area (Å²) in [6, 6.07) is 6.83. The molecule has 1 N–H and O–H groups in total. The molecule has 1 fully saturated rings. The van der Waals surface area contributed by atoms with Crippen LogP contribution in [0.1, 0.15) is 25.0 Å². The van der Waals surface area contributed by atoms with E-state index in [0.717, 1.165) is 6.42 Å². The van der Waals surface area contributed by atoms with Crippen LogP contribution in [0.25, 0.3) is 0 Å². The maximum Gasteiger partial charge on any atom is 0.0691 e. The fourth-order valence-electron chi connectivity index (χ4n) is 2.17. The Bertz CT molecular complexity index is 271. The second kappa shape index (κ2) is 4.56. The lowest BCUT2D eigenvalue weighted by Gasteiger charge is -2.34. The van der Waals surface area contributed by atoms with Gasteiger partial charge in [0.25, 0.3) is 0 Å². The standard InChI is InChI=1S/C12H18N2/c1-14-9-5-3-7-12(14)10-11-6-2-4-8-13-11/h2,4,6,8,12,14H,1,3,5,7,9-10H2. The molecule has 0 spiro atoms. The summed E-state index contributed by atoms with van der Waals surface area (Å²) in [5, 5.41) is 0. The molecule has 2 rings (SSSR count). The molecule has 76 valence electrons. The van der Waals surface area contributed by atoms with E-state index in [9.17, 15) is 0 Å². The Morgan fingerprint density at radius 3 is 3.07 bits per heavy atom. The minimum Gasteiger partial charge on any atom is -0.465 e. The van der Waals surface area contributed by atoms with Gasteiger partial charge >= 0.3 is 0 Å². The first kappa shape index (κ1) is 9.66. The molecule has 2 heteroatoms. The monoisotopic (exact) mass is 190 g/mol. The highest BCUT2D eigenvalue weighted by Gasteiger charge is 2.19. The van der Waals surface area contributed by atoms with Crippen molar-refractivity contribution >= 4 is 0 Å². The average molecular weight is 190 g/mol. The Balaban J connectivity index is 1.96. The molecular weight excluding hydrogens is 172 g/mol. The number of nitrogens with zero attached hydrogens (tertiary/aromatic N) is 1. The molecule has 1 aliphatic heterocycles. The number of rotatable bonds is 2. The summed E-state index contributed by atoms with van der Waals surface area (Å²) in [6.45, 7) is 1.22. The maximum absolute atomic E-state index is 4.37. The number of nitrogens with one attached hydrogen (secondary N) is 1. The molecule has 2 heterocycles. The predicted molar refractivity (Wildman–Crippen MR) is 56.8 cm³/mol. The molecule has 2 atom stereocenters. The highest BCUT2D eigenvalue weighted by atomic mass is 15.1. The Kier molecular flexibility index (Phi) is 3.14. The zero-order valence-corrected chi connectivity index (χ0v) is 8.58. The Morgan fingerprint density at radius 1 is 1.43 bits per heavy atom. The van der Waals surface area contributed by atoms with Crippen LogP contribution in [0.15, 0.2) is 24.4 Å². The number of quaternary nitrogens is 1. The highest BCUT2D eigenvalue weighted by Crippen LogP contribution is 2.07. The van der Waals surface area contributed by atoms with Crippen LogP contribution < -0.4 is 4.90 Å². The minimum absolute atomic E-state index is 0.679. The fourth-order valence-corrected chi connectivity index (χ4v) is 2.17. The molecular formula is C12H18N2. The van der Waals surface area contributed by atoms with Crippen molar-refractivity contribution in [3.8, 4) is 0 Å². The Morgan fingerprint density at radius 2 is 2.36 bits per heavy atom. The zero-order valence-electron chi connectivity index (χ0n) is 8.58. The smallest absolute Gasteiger partial charge is 0.0691 e. The molecule has 0 radical (unpaired) electrons. The summed E-state index contributed by atoms with van der Waals surface area (Å²) in [7, 11) is 4.16. The average Bonchev–Trinajstić information content (AvgIpc) is 2.23. The van der Waals surface area contributed by atoms with E-state index < -0.39 is 0 Å². The van der Waals surface area contributed by atoms with Crippen LogP contribution in [0.2, 0.25) is 0 Å². The van der Waals surface area contributed by atoms with Gasteiger partial charge in [-0.1, -0.05) is 6.07 Å². The van der Waals surface area contributed by atoms with Gasteiger partial charge in [-0.2, -0.15) is 7.05 Å². The van der Waals surface area contributed by atoms with Crippen molar-refractivity contribution < 1.29 is 4.90 Å². The maximum atomic E-state index is 4.37. The molecule has 2 nitrogen and oxygen atoms in total. The van der Waals surface area contributed by atoms with Crippen molar-refractivity contribution in [1.29, 1.82) is 0 Å². The zero-order chi connectivity index (χ0) is 9.80. The van der Waals surface area contributed by atoms with Crippen molar-refractivity contribution in [3.63, 3.8) is 0 Å². The third-order valence-electron chi connectivity index (χ3n) is 3.06. The molecule has 2 unspecified atom stereocenters. The molecule has 14 heavy (non-hydrogen) atoms. The summed E-state index contributed by atoms with van der Waals surface area (Å²) < 4.78 is 0. The van der Waals surface area contributed by atoms with Gasteiger partial charge in [0.1, 0.15) is 0 Å². The largest absolute Gasteiger partial charge is 0.465 e. The molecule has 1 aromatic rings. The lowest BCUT2D eigenvalue weighted by molar-refractivity contribution is -0.886. The SMILES string of the molecule is [CH2-][NH+]1CCCCC1Cc1ccccn1. The summed E-state index contributed by atoms with van der Waals surface area (Å²) in [4.78, 5) is 5.80. The van der Waals surface area contributed by atoms with Gasteiger partial charge in [-0.15, -0.1) is 0 Å². The topological polar surface area (TPSA) is 17.3 Å². The van der Waals surface area contributed by atoms with E-state index in [2.05, 4.69) is 24.2 Å². The third-order valence-corrected chi connectivity index (χ3v) is 3.06. The van der Waals surface area contributed by atoms with Gasteiger partial charge in [0, 0.05) is 18.3 Å². The lowest BCUT2D eigenvalue weighted by atomic mass is 9.98. The molecule has 0 amide bonds. The third kappa shape index (κ3) is 2.32. The van der Waals surface area contributed by atoms with Crippen LogP contribution in [0, 0.1) is 7.05 Å². The van der Waals surface area contributed by atoms with E-state index >= 15 is 0 Å². The first-order chi connectivity index (χ1) is 6.86. The second-order valence-electron chi connectivity index (χ2n) is 4.13. The first-order valence-corrected chi connectivity index (χ1v) is 5.44. The summed E-state index contributed by atoms with van der Waals surface area (Å²) in [5.74, 6) is 0. The molecule has 1 saturated heterocycles. The van der Waals surface area contributed by atoms with E-state index in [0.29, 0.717) is 6.04 Å². The van der Waals surface area contributed by atoms with Gasteiger partial charge in [0.15, 0.2) is 0 Å². The van der Waals surface area contributed by atoms with Crippen LogP contribution in [0.5, 0.6) is 0 Å². The molecule has 0 saturated carbocycles. The van der Waals surface area contributed by atoms with Crippen molar-refractivity contribution in [2.75, 3.05) is 6.54 Å². The van der Waals surface area contributed by atoms with Crippen LogP contribution in [0.4, 0.5) is 0 Å². The fraction of sp³-hybridized carbons (Fsp3) is 0.500. The van der Waals surface area contributed by atoms with Gasteiger partial charge in [0.05, 0.1) is 12.6 Å². The van der Waals surface area contributed by atoms with Gasteiger partial charge < -0.3 is 4.90 Å². The number of hydrogen-bond acceptors (Lipinski definition) is 1. The summed E-state index contributed by atoms with van der Waals surface area (Å²) >= 11 is 0. The number of aromatic nitrogens is 1.